The van der Waals surface area contributed by atoms with Crippen LogP contribution in [0.15, 0.2) is 24.3 Å². The van der Waals surface area contributed by atoms with Gasteiger partial charge in [0.05, 0.1) is 14.2 Å². The van der Waals surface area contributed by atoms with Crippen molar-refractivity contribution in [2.45, 2.75) is 13.0 Å². The standard InChI is InChI=1S/C16H18FNO7/c1-8(11(15(22)24-2)16(23)25-3)12(14(20)21)18-13(19)9-5-4-6-10(17)7-9/h4-8,11-12H,1-3H3,(H,18,19)(H,20,21)/t8-,12+/m0/s1. The molecule has 1 rings (SSSR count). The highest BCUT2D eigenvalue weighted by molar-refractivity contribution is 5.98. The lowest BCUT2D eigenvalue weighted by Crippen LogP contribution is -2.50. The average Bonchev–Trinajstić information content (AvgIpc) is 2.58. The van der Waals surface area contributed by atoms with Crippen molar-refractivity contribution in [2.75, 3.05) is 14.2 Å². The van der Waals surface area contributed by atoms with Crippen LogP contribution in [0.2, 0.25) is 0 Å². The number of nitrogens with one attached hydrogen (secondary N) is 1. The molecule has 0 saturated carbocycles. The monoisotopic (exact) mass is 355 g/mol. The smallest absolute Gasteiger partial charge is 0.326 e. The van der Waals surface area contributed by atoms with Gasteiger partial charge in [0, 0.05) is 11.5 Å². The van der Waals surface area contributed by atoms with E-state index < -0.39 is 47.5 Å². The Morgan fingerprint density at radius 3 is 2.12 bits per heavy atom. The molecule has 0 aliphatic heterocycles. The van der Waals surface area contributed by atoms with Crippen LogP contribution < -0.4 is 5.32 Å². The van der Waals surface area contributed by atoms with Crippen LogP contribution in [0.25, 0.3) is 0 Å². The first-order valence-electron chi connectivity index (χ1n) is 7.17. The SMILES string of the molecule is COC(=O)C(C(=O)OC)[C@H](C)[C@@H](NC(=O)c1cccc(F)c1)C(=O)O. The lowest BCUT2D eigenvalue weighted by atomic mass is 9.87. The van der Waals surface area contributed by atoms with Crippen LogP contribution in [-0.4, -0.2) is 49.2 Å². The fraction of sp³-hybridized carbons (Fsp3) is 0.375. The van der Waals surface area contributed by atoms with Crippen LogP contribution in [0.1, 0.15) is 17.3 Å². The maximum Gasteiger partial charge on any atom is 0.326 e. The molecule has 0 bridgehead atoms. The zero-order valence-electron chi connectivity index (χ0n) is 13.8. The van der Waals surface area contributed by atoms with E-state index in [9.17, 15) is 28.7 Å². The number of rotatable bonds is 7. The molecule has 2 atom stereocenters. The van der Waals surface area contributed by atoms with Crippen molar-refractivity contribution in [3.8, 4) is 0 Å². The molecule has 136 valence electrons. The molecule has 9 heteroatoms. The summed E-state index contributed by atoms with van der Waals surface area (Å²) in [5.74, 6) is -7.74. The van der Waals surface area contributed by atoms with Gasteiger partial charge in [-0.2, -0.15) is 0 Å². The molecule has 0 aromatic heterocycles. The number of hydrogen-bond acceptors (Lipinski definition) is 6. The van der Waals surface area contributed by atoms with Crippen molar-refractivity contribution >= 4 is 23.8 Å². The van der Waals surface area contributed by atoms with Crippen LogP contribution in [0.4, 0.5) is 4.39 Å². The summed E-state index contributed by atoms with van der Waals surface area (Å²) in [6.45, 7) is 1.28. The van der Waals surface area contributed by atoms with Gasteiger partial charge in [0.2, 0.25) is 0 Å². The number of carboxylic acids is 1. The highest BCUT2D eigenvalue weighted by Crippen LogP contribution is 2.20. The number of halogens is 1. The van der Waals surface area contributed by atoms with E-state index in [4.69, 9.17) is 0 Å². The van der Waals surface area contributed by atoms with Crippen molar-refractivity contribution in [3.63, 3.8) is 0 Å². The molecule has 0 saturated heterocycles. The van der Waals surface area contributed by atoms with E-state index in [-0.39, 0.29) is 5.56 Å². The predicted octanol–water partition coefficient (Wildman–Crippen LogP) is 0.607. The average molecular weight is 355 g/mol. The summed E-state index contributed by atoms with van der Waals surface area (Å²) in [7, 11) is 2.07. The first-order chi connectivity index (χ1) is 11.7. The molecule has 0 aliphatic carbocycles. The third kappa shape index (κ3) is 5.00. The fourth-order valence-corrected chi connectivity index (χ4v) is 2.24. The van der Waals surface area contributed by atoms with Gasteiger partial charge in [-0.3, -0.25) is 14.4 Å². The topological polar surface area (TPSA) is 119 Å². The Kier molecular flexibility index (Phi) is 7.04. The molecule has 1 aromatic carbocycles. The predicted molar refractivity (Wildman–Crippen MR) is 82.0 cm³/mol. The minimum absolute atomic E-state index is 0.105. The van der Waals surface area contributed by atoms with Crippen LogP contribution >= 0.6 is 0 Å². The van der Waals surface area contributed by atoms with E-state index in [0.717, 1.165) is 26.4 Å². The number of aliphatic carboxylic acids is 1. The first kappa shape index (κ1) is 20.1. The quantitative estimate of drug-likeness (QED) is 0.543. The lowest BCUT2D eigenvalue weighted by Gasteiger charge is -2.26. The molecule has 0 fully saturated rings. The Bertz CT molecular complexity index is 660. The molecule has 1 amide bonds. The normalized spacial score (nSPS) is 12.8. The summed E-state index contributed by atoms with van der Waals surface area (Å²) < 4.78 is 22.2. The van der Waals surface area contributed by atoms with Crippen LogP contribution in [0, 0.1) is 17.7 Å². The summed E-state index contributed by atoms with van der Waals surface area (Å²) in [6.07, 6.45) is 0. The van der Waals surface area contributed by atoms with Gasteiger partial charge in [-0.05, 0) is 18.2 Å². The molecule has 0 unspecified atom stereocenters. The Morgan fingerprint density at radius 2 is 1.68 bits per heavy atom. The Morgan fingerprint density at radius 1 is 1.12 bits per heavy atom. The summed E-state index contributed by atoms with van der Waals surface area (Å²) in [6, 6.07) is 3.02. The largest absolute Gasteiger partial charge is 0.480 e. The van der Waals surface area contributed by atoms with E-state index in [2.05, 4.69) is 14.8 Å². The summed E-state index contributed by atoms with van der Waals surface area (Å²) in [5, 5.41) is 11.5. The number of esters is 2. The third-order valence-corrected chi connectivity index (χ3v) is 3.60. The third-order valence-electron chi connectivity index (χ3n) is 3.60. The van der Waals surface area contributed by atoms with Crippen molar-refractivity contribution in [1.29, 1.82) is 0 Å². The molecule has 0 radical (unpaired) electrons. The van der Waals surface area contributed by atoms with Crippen molar-refractivity contribution in [2.24, 2.45) is 11.8 Å². The van der Waals surface area contributed by atoms with Crippen LogP contribution in [0.5, 0.6) is 0 Å². The fourth-order valence-electron chi connectivity index (χ4n) is 2.24. The zero-order valence-corrected chi connectivity index (χ0v) is 13.8. The number of carbonyl (C=O) groups excluding carboxylic acids is 3. The minimum atomic E-state index is -1.61. The van der Waals surface area contributed by atoms with Gasteiger partial charge in [-0.25, -0.2) is 9.18 Å². The molecule has 25 heavy (non-hydrogen) atoms. The van der Waals surface area contributed by atoms with Crippen molar-refractivity contribution < 1.29 is 38.1 Å². The van der Waals surface area contributed by atoms with Gasteiger partial charge in [0.25, 0.3) is 5.91 Å². The number of methoxy groups -OCH3 is 2. The number of carbonyl (C=O) groups is 4. The second-order valence-electron chi connectivity index (χ2n) is 5.18. The molecular weight excluding hydrogens is 337 g/mol. The molecule has 0 heterocycles. The maximum absolute atomic E-state index is 13.2. The van der Waals surface area contributed by atoms with Crippen molar-refractivity contribution in [1.82, 2.24) is 5.32 Å². The Hall–Kier alpha value is -2.97. The van der Waals surface area contributed by atoms with Gasteiger partial charge >= 0.3 is 17.9 Å². The van der Waals surface area contributed by atoms with E-state index in [0.29, 0.717) is 0 Å². The zero-order chi connectivity index (χ0) is 19.1. The Balaban J connectivity index is 3.08. The number of hydrogen-bond donors (Lipinski definition) is 2. The second kappa shape index (κ2) is 8.76. The van der Waals surface area contributed by atoms with Gasteiger partial charge in [-0.1, -0.05) is 13.0 Å². The first-order valence-corrected chi connectivity index (χ1v) is 7.17. The number of benzene rings is 1. The second-order valence-corrected chi connectivity index (χ2v) is 5.18. The van der Waals surface area contributed by atoms with Gasteiger partial charge in [-0.15, -0.1) is 0 Å². The molecule has 0 aliphatic rings. The van der Waals surface area contributed by atoms with E-state index in [1.807, 2.05) is 0 Å². The van der Waals surface area contributed by atoms with E-state index >= 15 is 0 Å². The molecule has 0 spiro atoms. The van der Waals surface area contributed by atoms with Crippen LogP contribution in [-0.2, 0) is 23.9 Å². The molecule has 8 nitrogen and oxygen atoms in total. The number of amides is 1. The summed E-state index contributed by atoms with van der Waals surface area (Å²) in [4.78, 5) is 47.3. The van der Waals surface area contributed by atoms with Crippen molar-refractivity contribution in [3.05, 3.63) is 35.6 Å². The molecule has 2 N–H and O–H groups in total. The Labute approximate surface area is 142 Å². The highest BCUT2D eigenvalue weighted by atomic mass is 19.1. The van der Waals surface area contributed by atoms with Crippen LogP contribution in [0.3, 0.4) is 0 Å². The summed E-state index contributed by atoms with van der Waals surface area (Å²) in [5.41, 5.74) is -0.105. The highest BCUT2D eigenvalue weighted by Gasteiger charge is 2.42. The minimum Gasteiger partial charge on any atom is -0.480 e. The van der Waals surface area contributed by atoms with E-state index in [1.54, 1.807) is 0 Å². The van der Waals surface area contributed by atoms with Gasteiger partial charge in [0.15, 0.2) is 5.92 Å². The van der Waals surface area contributed by atoms with Gasteiger partial charge < -0.3 is 19.9 Å². The number of ether oxygens (including phenoxy) is 2. The van der Waals surface area contributed by atoms with E-state index in [1.165, 1.54) is 19.1 Å². The maximum atomic E-state index is 13.2. The van der Waals surface area contributed by atoms with Gasteiger partial charge in [0.1, 0.15) is 11.9 Å². The molecular formula is C16H18FNO7. The number of carboxylic acid groups (broad SMARTS) is 1. The summed E-state index contributed by atoms with van der Waals surface area (Å²) >= 11 is 0. The lowest BCUT2D eigenvalue weighted by molar-refractivity contribution is -0.162. The molecule has 1 aromatic rings.